The van der Waals surface area contributed by atoms with Gasteiger partial charge in [-0.15, -0.1) is 12.4 Å². The second-order valence-electron chi connectivity index (χ2n) is 6.58. The van der Waals surface area contributed by atoms with Crippen LogP contribution in [0.2, 0.25) is 0 Å². The van der Waals surface area contributed by atoms with Crippen molar-refractivity contribution in [1.29, 1.82) is 0 Å². The van der Waals surface area contributed by atoms with E-state index in [-0.39, 0.29) is 24.4 Å². The number of hydrogen-bond acceptors (Lipinski definition) is 4. The highest BCUT2D eigenvalue weighted by atomic mass is 35.5. The molecule has 0 heterocycles. The summed E-state index contributed by atoms with van der Waals surface area (Å²) in [7, 11) is 1.64. The maximum Gasteiger partial charge on any atom is 0.251 e. The number of hydrogen-bond donors (Lipinski definition) is 2. The van der Waals surface area contributed by atoms with Gasteiger partial charge in [-0.3, -0.25) is 4.79 Å². The Hall–Kier alpha value is -2.24. The van der Waals surface area contributed by atoms with Gasteiger partial charge in [0.05, 0.1) is 13.2 Å². The topological polar surface area (TPSA) is 73.6 Å². The lowest BCUT2D eigenvalue weighted by molar-refractivity contribution is 0.0950. The van der Waals surface area contributed by atoms with Gasteiger partial charge in [-0.05, 0) is 55.5 Å². The average molecular weight is 391 g/mol. The molecule has 2 aromatic rings. The molecule has 146 valence electrons. The number of rotatable bonds is 7. The predicted molar refractivity (Wildman–Crippen MR) is 109 cm³/mol. The van der Waals surface area contributed by atoms with Crippen LogP contribution in [-0.2, 0) is 13.1 Å². The van der Waals surface area contributed by atoms with Gasteiger partial charge < -0.3 is 20.5 Å². The van der Waals surface area contributed by atoms with Crippen molar-refractivity contribution in [2.24, 2.45) is 5.73 Å². The molecule has 3 N–H and O–H groups in total. The van der Waals surface area contributed by atoms with Gasteiger partial charge in [-0.2, -0.15) is 0 Å². The molecule has 27 heavy (non-hydrogen) atoms. The lowest BCUT2D eigenvalue weighted by atomic mass is 10.1. The van der Waals surface area contributed by atoms with E-state index in [0.29, 0.717) is 18.7 Å². The minimum atomic E-state index is -0.115. The lowest BCUT2D eigenvalue weighted by Gasteiger charge is -2.18. The van der Waals surface area contributed by atoms with E-state index < -0.39 is 0 Å². The molecule has 0 spiro atoms. The monoisotopic (exact) mass is 390 g/mol. The summed E-state index contributed by atoms with van der Waals surface area (Å²) in [4.78, 5) is 12.4. The molecule has 1 fully saturated rings. The maximum atomic E-state index is 12.4. The van der Waals surface area contributed by atoms with Crippen LogP contribution in [0, 0.1) is 0 Å². The summed E-state index contributed by atoms with van der Waals surface area (Å²) < 4.78 is 11.5. The van der Waals surface area contributed by atoms with Crippen molar-refractivity contribution in [3.8, 4) is 11.5 Å². The number of ether oxygens (including phenoxy) is 2. The number of carbonyl (C=O) groups is 1. The standard InChI is InChI=1S/C21H26N2O3.ClH/c1-25-19-11-10-17(20(12-19)26-18-4-2-3-5-18)14-23-21(24)16-8-6-15(13-22)7-9-16;/h6-12,18H,2-5,13-14,22H2,1H3,(H,23,24);1H. The Morgan fingerprint density at radius 3 is 2.48 bits per heavy atom. The van der Waals surface area contributed by atoms with E-state index in [1.54, 1.807) is 19.2 Å². The van der Waals surface area contributed by atoms with Crippen LogP contribution in [0.4, 0.5) is 0 Å². The van der Waals surface area contributed by atoms with Crippen molar-refractivity contribution in [1.82, 2.24) is 5.32 Å². The van der Waals surface area contributed by atoms with E-state index in [9.17, 15) is 4.79 Å². The van der Waals surface area contributed by atoms with Crippen LogP contribution >= 0.6 is 12.4 Å². The van der Waals surface area contributed by atoms with Gasteiger partial charge in [0, 0.05) is 30.3 Å². The summed E-state index contributed by atoms with van der Waals surface area (Å²) in [6, 6.07) is 13.1. The third kappa shape index (κ3) is 5.62. The highest BCUT2D eigenvalue weighted by molar-refractivity contribution is 5.94. The van der Waals surface area contributed by atoms with Crippen molar-refractivity contribution >= 4 is 18.3 Å². The first-order valence-electron chi connectivity index (χ1n) is 9.10. The van der Waals surface area contributed by atoms with Crippen molar-refractivity contribution in [3.05, 3.63) is 59.2 Å². The number of carbonyl (C=O) groups excluding carboxylic acids is 1. The molecule has 0 aliphatic heterocycles. The van der Waals surface area contributed by atoms with Crippen LogP contribution < -0.4 is 20.5 Å². The van der Waals surface area contributed by atoms with Crippen LogP contribution in [0.15, 0.2) is 42.5 Å². The molecule has 3 rings (SSSR count). The Morgan fingerprint density at radius 2 is 1.85 bits per heavy atom. The summed E-state index contributed by atoms with van der Waals surface area (Å²) in [5.74, 6) is 1.43. The smallest absolute Gasteiger partial charge is 0.251 e. The molecule has 0 aromatic heterocycles. The van der Waals surface area contributed by atoms with Gasteiger partial charge in [0.2, 0.25) is 0 Å². The minimum Gasteiger partial charge on any atom is -0.497 e. The maximum absolute atomic E-state index is 12.4. The zero-order valence-corrected chi connectivity index (χ0v) is 16.4. The largest absolute Gasteiger partial charge is 0.497 e. The number of amides is 1. The Kier molecular flexibility index (Phi) is 7.95. The van der Waals surface area contributed by atoms with E-state index in [2.05, 4.69) is 5.32 Å². The number of methoxy groups -OCH3 is 1. The van der Waals surface area contributed by atoms with E-state index >= 15 is 0 Å². The zero-order chi connectivity index (χ0) is 18.4. The molecule has 0 bridgehead atoms. The third-order valence-electron chi connectivity index (χ3n) is 4.76. The van der Waals surface area contributed by atoms with Crippen LogP contribution in [0.25, 0.3) is 0 Å². The quantitative estimate of drug-likeness (QED) is 0.753. The van der Waals surface area contributed by atoms with Crippen molar-refractivity contribution in [2.75, 3.05) is 7.11 Å². The first-order valence-corrected chi connectivity index (χ1v) is 9.10. The normalized spacial score (nSPS) is 13.7. The first kappa shape index (κ1) is 21.1. The SMILES string of the molecule is COc1ccc(CNC(=O)c2ccc(CN)cc2)c(OC2CCCC2)c1.Cl. The zero-order valence-electron chi connectivity index (χ0n) is 15.6. The summed E-state index contributed by atoms with van der Waals surface area (Å²) in [6.07, 6.45) is 4.83. The number of nitrogens with one attached hydrogen (secondary N) is 1. The second kappa shape index (κ2) is 10.2. The molecular weight excluding hydrogens is 364 g/mol. The summed E-state index contributed by atoms with van der Waals surface area (Å²) >= 11 is 0. The minimum absolute atomic E-state index is 0. The molecule has 6 heteroatoms. The fourth-order valence-corrected chi connectivity index (χ4v) is 3.17. The van der Waals surface area contributed by atoms with Crippen LogP contribution in [0.5, 0.6) is 11.5 Å². The first-order chi connectivity index (χ1) is 12.7. The Balaban J connectivity index is 0.00000261. The van der Waals surface area contributed by atoms with Gasteiger partial charge in [-0.1, -0.05) is 12.1 Å². The number of halogens is 1. The summed E-state index contributed by atoms with van der Waals surface area (Å²) in [5, 5.41) is 2.96. The molecule has 1 aliphatic rings. The van der Waals surface area contributed by atoms with Gasteiger partial charge in [-0.25, -0.2) is 0 Å². The molecule has 2 aromatic carbocycles. The Labute approximate surface area is 166 Å². The highest BCUT2D eigenvalue weighted by Crippen LogP contribution is 2.30. The predicted octanol–water partition coefficient (Wildman–Crippen LogP) is 3.83. The Morgan fingerprint density at radius 1 is 1.15 bits per heavy atom. The van der Waals surface area contributed by atoms with E-state index in [0.717, 1.165) is 35.5 Å². The van der Waals surface area contributed by atoms with E-state index in [4.69, 9.17) is 15.2 Å². The second-order valence-corrected chi connectivity index (χ2v) is 6.58. The lowest BCUT2D eigenvalue weighted by Crippen LogP contribution is -2.23. The van der Waals surface area contributed by atoms with E-state index in [1.807, 2.05) is 30.3 Å². The van der Waals surface area contributed by atoms with Crippen molar-refractivity contribution < 1.29 is 14.3 Å². The average Bonchev–Trinajstić information content (AvgIpc) is 3.19. The van der Waals surface area contributed by atoms with Crippen LogP contribution in [-0.4, -0.2) is 19.1 Å². The molecule has 0 unspecified atom stereocenters. The van der Waals surface area contributed by atoms with Crippen molar-refractivity contribution in [3.63, 3.8) is 0 Å². The Bertz CT molecular complexity index is 744. The molecular formula is C21H27ClN2O3. The third-order valence-corrected chi connectivity index (χ3v) is 4.76. The molecule has 0 saturated heterocycles. The molecule has 5 nitrogen and oxygen atoms in total. The number of benzene rings is 2. The summed E-state index contributed by atoms with van der Waals surface area (Å²) in [5.41, 5.74) is 8.17. The summed E-state index contributed by atoms with van der Waals surface area (Å²) in [6.45, 7) is 0.874. The molecule has 1 amide bonds. The number of nitrogens with two attached hydrogens (primary N) is 1. The fourth-order valence-electron chi connectivity index (χ4n) is 3.17. The van der Waals surface area contributed by atoms with E-state index in [1.165, 1.54) is 12.8 Å². The van der Waals surface area contributed by atoms with Gasteiger partial charge in [0.15, 0.2) is 0 Å². The molecule has 1 saturated carbocycles. The van der Waals surface area contributed by atoms with Crippen LogP contribution in [0.1, 0.15) is 47.2 Å². The molecule has 0 atom stereocenters. The van der Waals surface area contributed by atoms with Crippen molar-refractivity contribution in [2.45, 2.75) is 44.9 Å². The highest BCUT2D eigenvalue weighted by Gasteiger charge is 2.18. The van der Waals surface area contributed by atoms with Gasteiger partial charge >= 0.3 is 0 Å². The van der Waals surface area contributed by atoms with Gasteiger partial charge in [0.25, 0.3) is 5.91 Å². The van der Waals surface area contributed by atoms with Crippen LogP contribution in [0.3, 0.4) is 0 Å². The molecule has 1 aliphatic carbocycles. The molecule has 0 radical (unpaired) electrons. The fraction of sp³-hybridized carbons (Fsp3) is 0.381. The van der Waals surface area contributed by atoms with Gasteiger partial charge in [0.1, 0.15) is 11.5 Å².